The molecular formula is C14H19NO. The Bertz CT molecular complexity index is 434. The molecule has 0 spiro atoms. The van der Waals surface area contributed by atoms with E-state index in [1.807, 2.05) is 24.1 Å². The highest BCUT2D eigenvalue weighted by Gasteiger charge is 2.31. The molecule has 0 fully saturated rings. The fourth-order valence-corrected chi connectivity index (χ4v) is 2.29. The predicted octanol–water partition coefficient (Wildman–Crippen LogP) is 2.75. The maximum absolute atomic E-state index is 12.2. The van der Waals surface area contributed by atoms with Gasteiger partial charge in [0.15, 0.2) is 0 Å². The summed E-state index contributed by atoms with van der Waals surface area (Å²) in [6.07, 6.45) is 1.02. The first-order valence-electron chi connectivity index (χ1n) is 5.78. The van der Waals surface area contributed by atoms with E-state index in [1.54, 1.807) is 0 Å². The van der Waals surface area contributed by atoms with Crippen LogP contribution in [-0.4, -0.2) is 24.4 Å². The highest BCUT2D eigenvalue weighted by molar-refractivity contribution is 5.96. The Hall–Kier alpha value is -1.31. The quantitative estimate of drug-likeness (QED) is 0.654. The van der Waals surface area contributed by atoms with Gasteiger partial charge in [0, 0.05) is 19.2 Å². The van der Waals surface area contributed by atoms with Gasteiger partial charge in [-0.25, -0.2) is 0 Å². The van der Waals surface area contributed by atoms with Crippen molar-refractivity contribution in [2.24, 2.45) is 0 Å². The van der Waals surface area contributed by atoms with Gasteiger partial charge in [-0.2, -0.15) is 0 Å². The van der Waals surface area contributed by atoms with Crippen LogP contribution in [0, 0.1) is 6.92 Å². The summed E-state index contributed by atoms with van der Waals surface area (Å²) in [5.74, 6) is 0.153. The molecule has 2 heteroatoms. The van der Waals surface area contributed by atoms with Crippen molar-refractivity contribution in [3.8, 4) is 0 Å². The predicted molar refractivity (Wildman–Crippen MR) is 65.8 cm³/mol. The Morgan fingerprint density at radius 3 is 2.69 bits per heavy atom. The zero-order chi connectivity index (χ0) is 11.9. The Kier molecular flexibility index (Phi) is 2.53. The number of nitrogens with zero attached hydrogens (tertiary/aromatic N) is 1. The number of benzene rings is 1. The summed E-state index contributed by atoms with van der Waals surface area (Å²) in [5, 5.41) is 0. The largest absolute Gasteiger partial charge is 0.342 e. The Morgan fingerprint density at radius 1 is 1.31 bits per heavy atom. The van der Waals surface area contributed by atoms with Crippen LogP contribution in [0.15, 0.2) is 18.2 Å². The van der Waals surface area contributed by atoms with Crippen LogP contribution in [0.2, 0.25) is 0 Å². The Morgan fingerprint density at radius 2 is 2.00 bits per heavy atom. The van der Waals surface area contributed by atoms with Crippen LogP contribution in [0.25, 0.3) is 0 Å². The number of fused-ring (bicyclic) bond motifs is 1. The van der Waals surface area contributed by atoms with Crippen molar-refractivity contribution in [2.75, 3.05) is 13.6 Å². The van der Waals surface area contributed by atoms with Gasteiger partial charge in [0.05, 0.1) is 0 Å². The molecule has 0 aromatic heterocycles. The second-order valence-corrected chi connectivity index (χ2v) is 5.41. The summed E-state index contributed by atoms with van der Waals surface area (Å²) in [5.41, 5.74) is 3.38. The third-order valence-corrected chi connectivity index (χ3v) is 3.55. The number of carbonyl (C=O) groups excluding carboxylic acids is 1. The number of amides is 1. The lowest BCUT2D eigenvalue weighted by atomic mass is 9.79. The second kappa shape index (κ2) is 3.62. The third kappa shape index (κ3) is 1.73. The zero-order valence-electron chi connectivity index (χ0n) is 10.5. The molecule has 0 saturated carbocycles. The summed E-state index contributed by atoms with van der Waals surface area (Å²) >= 11 is 0. The average Bonchev–Trinajstić information content (AvgIpc) is 2.31. The molecule has 1 aromatic rings. The molecule has 0 atom stereocenters. The lowest BCUT2D eigenvalue weighted by Crippen LogP contribution is -2.26. The number of aryl methyl sites for hydroxylation is 1. The highest BCUT2D eigenvalue weighted by atomic mass is 16.2. The summed E-state index contributed by atoms with van der Waals surface area (Å²) in [6, 6.07) is 6.15. The van der Waals surface area contributed by atoms with E-state index in [9.17, 15) is 4.79 Å². The molecule has 0 N–H and O–H groups in total. The van der Waals surface area contributed by atoms with E-state index < -0.39 is 0 Å². The van der Waals surface area contributed by atoms with Crippen molar-refractivity contribution in [3.63, 3.8) is 0 Å². The molecule has 0 saturated heterocycles. The van der Waals surface area contributed by atoms with Crippen LogP contribution in [0.5, 0.6) is 0 Å². The van der Waals surface area contributed by atoms with Gasteiger partial charge in [0.2, 0.25) is 0 Å². The van der Waals surface area contributed by atoms with Crippen LogP contribution >= 0.6 is 0 Å². The van der Waals surface area contributed by atoms with E-state index in [0.29, 0.717) is 0 Å². The molecular weight excluding hydrogens is 198 g/mol. The minimum atomic E-state index is 0.0851. The zero-order valence-corrected chi connectivity index (χ0v) is 10.5. The maximum atomic E-state index is 12.2. The molecule has 1 aliphatic rings. The van der Waals surface area contributed by atoms with Gasteiger partial charge in [-0.3, -0.25) is 4.79 Å². The van der Waals surface area contributed by atoms with Crippen molar-refractivity contribution < 1.29 is 4.79 Å². The lowest BCUT2D eigenvalue weighted by Gasteiger charge is -2.24. The van der Waals surface area contributed by atoms with E-state index in [0.717, 1.165) is 18.5 Å². The molecule has 86 valence electrons. The molecule has 2 nitrogen and oxygen atoms in total. The molecule has 2 rings (SSSR count). The number of hydrogen-bond acceptors (Lipinski definition) is 1. The summed E-state index contributed by atoms with van der Waals surface area (Å²) in [7, 11) is 1.88. The van der Waals surface area contributed by atoms with Crippen molar-refractivity contribution in [2.45, 2.75) is 32.6 Å². The fourth-order valence-electron chi connectivity index (χ4n) is 2.29. The van der Waals surface area contributed by atoms with E-state index in [2.05, 4.69) is 26.8 Å². The summed E-state index contributed by atoms with van der Waals surface area (Å²) in [4.78, 5) is 14.0. The normalized spacial score (nSPS) is 19.2. The average molecular weight is 217 g/mol. The number of rotatable bonds is 0. The standard InChI is InChI=1S/C14H19NO/c1-10-5-6-11-12(9-10)14(2,3)7-8-15(4)13(11)16/h5-6,9H,7-8H2,1-4H3. The molecule has 1 aromatic carbocycles. The SMILES string of the molecule is Cc1ccc2c(c1)C(C)(C)CCN(C)C2=O. The van der Waals surface area contributed by atoms with Gasteiger partial charge in [0.1, 0.15) is 0 Å². The number of carbonyl (C=O) groups is 1. The van der Waals surface area contributed by atoms with Crippen LogP contribution in [0.1, 0.15) is 41.8 Å². The molecule has 0 unspecified atom stereocenters. The fraction of sp³-hybridized carbons (Fsp3) is 0.500. The van der Waals surface area contributed by atoms with Crippen molar-refractivity contribution in [1.82, 2.24) is 4.90 Å². The Labute approximate surface area is 97.3 Å². The third-order valence-electron chi connectivity index (χ3n) is 3.55. The molecule has 16 heavy (non-hydrogen) atoms. The molecule has 1 aliphatic heterocycles. The first kappa shape index (κ1) is 11.2. The van der Waals surface area contributed by atoms with Crippen LogP contribution < -0.4 is 0 Å². The smallest absolute Gasteiger partial charge is 0.253 e. The van der Waals surface area contributed by atoms with Crippen LogP contribution in [0.3, 0.4) is 0 Å². The molecule has 0 aliphatic carbocycles. The first-order valence-corrected chi connectivity index (χ1v) is 5.78. The Balaban J connectivity index is 2.63. The highest BCUT2D eigenvalue weighted by Crippen LogP contribution is 2.33. The molecule has 0 bridgehead atoms. The topological polar surface area (TPSA) is 20.3 Å². The molecule has 1 heterocycles. The first-order chi connectivity index (χ1) is 7.42. The van der Waals surface area contributed by atoms with Gasteiger partial charge >= 0.3 is 0 Å². The minimum Gasteiger partial charge on any atom is -0.342 e. The van der Waals surface area contributed by atoms with Crippen LogP contribution in [0.4, 0.5) is 0 Å². The van der Waals surface area contributed by atoms with Crippen molar-refractivity contribution in [3.05, 3.63) is 34.9 Å². The maximum Gasteiger partial charge on any atom is 0.253 e. The second-order valence-electron chi connectivity index (χ2n) is 5.41. The van der Waals surface area contributed by atoms with Gasteiger partial charge in [-0.1, -0.05) is 31.5 Å². The summed E-state index contributed by atoms with van der Waals surface area (Å²) < 4.78 is 0. The van der Waals surface area contributed by atoms with E-state index in [4.69, 9.17) is 0 Å². The molecule has 1 amide bonds. The van der Waals surface area contributed by atoms with Gasteiger partial charge in [-0.05, 0) is 30.4 Å². The minimum absolute atomic E-state index is 0.0851. The van der Waals surface area contributed by atoms with Crippen LogP contribution in [-0.2, 0) is 5.41 Å². The van der Waals surface area contributed by atoms with Gasteiger partial charge in [-0.15, -0.1) is 0 Å². The molecule has 0 radical (unpaired) electrons. The van der Waals surface area contributed by atoms with E-state index >= 15 is 0 Å². The monoisotopic (exact) mass is 217 g/mol. The van der Waals surface area contributed by atoms with E-state index in [1.165, 1.54) is 11.1 Å². The lowest BCUT2D eigenvalue weighted by molar-refractivity contribution is 0.0798. The number of hydrogen-bond donors (Lipinski definition) is 0. The van der Waals surface area contributed by atoms with Crippen molar-refractivity contribution in [1.29, 1.82) is 0 Å². The van der Waals surface area contributed by atoms with E-state index in [-0.39, 0.29) is 11.3 Å². The van der Waals surface area contributed by atoms with Gasteiger partial charge in [0.25, 0.3) is 5.91 Å². The van der Waals surface area contributed by atoms with Gasteiger partial charge < -0.3 is 4.90 Å². The summed E-state index contributed by atoms with van der Waals surface area (Å²) in [6.45, 7) is 7.35. The van der Waals surface area contributed by atoms with Crippen molar-refractivity contribution >= 4 is 5.91 Å².